The van der Waals surface area contributed by atoms with Crippen LogP contribution in [0.2, 0.25) is 0 Å². The molecule has 0 aromatic carbocycles. The number of furan rings is 1. The van der Waals surface area contributed by atoms with E-state index in [2.05, 4.69) is 33.6 Å². The number of hydrogen-bond acceptors (Lipinski definition) is 5. The third-order valence-electron chi connectivity index (χ3n) is 4.32. The Hall–Kier alpha value is -1.63. The molecule has 3 rings (SSSR count). The van der Waals surface area contributed by atoms with Crippen molar-refractivity contribution in [3.8, 4) is 0 Å². The molecule has 0 amide bonds. The molecule has 1 fully saturated rings. The maximum atomic E-state index is 11.1. The highest BCUT2D eigenvalue weighted by molar-refractivity contribution is 7.07. The lowest BCUT2D eigenvalue weighted by Gasteiger charge is -2.37. The summed E-state index contributed by atoms with van der Waals surface area (Å²) in [5.74, 6) is -0.932. The molecule has 0 spiro atoms. The van der Waals surface area contributed by atoms with Gasteiger partial charge in [-0.3, -0.25) is 9.80 Å². The Morgan fingerprint density at radius 1 is 1.36 bits per heavy atom. The number of carboxylic acids is 1. The lowest BCUT2D eigenvalue weighted by molar-refractivity contribution is 0.0655. The number of carboxylic acid groups (broad SMARTS) is 1. The molecule has 0 bridgehead atoms. The number of aromatic carboxylic acids is 1. The van der Waals surface area contributed by atoms with E-state index in [1.54, 1.807) is 17.4 Å². The summed E-state index contributed by atoms with van der Waals surface area (Å²) in [5, 5.41) is 13.4. The van der Waals surface area contributed by atoms with Gasteiger partial charge in [0.1, 0.15) is 0 Å². The molecule has 6 heteroatoms. The SMILES string of the molecule is CC(c1ccsc1)N1CCN(Cc2ccoc2C(=O)O)CC1. The van der Waals surface area contributed by atoms with Gasteiger partial charge in [0.05, 0.1) is 6.26 Å². The van der Waals surface area contributed by atoms with Crippen LogP contribution in [0.25, 0.3) is 0 Å². The van der Waals surface area contributed by atoms with Crippen molar-refractivity contribution in [3.05, 3.63) is 46.0 Å². The van der Waals surface area contributed by atoms with Gasteiger partial charge in [-0.05, 0) is 35.4 Å². The summed E-state index contributed by atoms with van der Waals surface area (Å²) in [6, 6.07) is 4.38. The fraction of sp³-hybridized carbons (Fsp3) is 0.438. The Labute approximate surface area is 133 Å². The lowest BCUT2D eigenvalue weighted by Crippen LogP contribution is -2.46. The highest BCUT2D eigenvalue weighted by Crippen LogP contribution is 2.24. The molecular weight excluding hydrogens is 300 g/mol. The van der Waals surface area contributed by atoms with Crippen LogP contribution in [-0.4, -0.2) is 47.1 Å². The summed E-state index contributed by atoms with van der Waals surface area (Å²) < 4.78 is 5.04. The third-order valence-corrected chi connectivity index (χ3v) is 5.02. The van der Waals surface area contributed by atoms with E-state index in [0.717, 1.165) is 31.7 Å². The average Bonchev–Trinajstić information content (AvgIpc) is 3.18. The molecule has 1 unspecified atom stereocenters. The van der Waals surface area contributed by atoms with Crippen molar-refractivity contribution in [1.82, 2.24) is 9.80 Å². The van der Waals surface area contributed by atoms with Crippen molar-refractivity contribution in [1.29, 1.82) is 0 Å². The molecule has 0 saturated carbocycles. The maximum absolute atomic E-state index is 11.1. The smallest absolute Gasteiger partial charge is 0.372 e. The molecule has 3 heterocycles. The Morgan fingerprint density at radius 2 is 2.14 bits per heavy atom. The van der Waals surface area contributed by atoms with Crippen LogP contribution in [-0.2, 0) is 6.54 Å². The lowest BCUT2D eigenvalue weighted by atomic mass is 10.1. The van der Waals surface area contributed by atoms with Crippen LogP contribution in [0.4, 0.5) is 0 Å². The van der Waals surface area contributed by atoms with Crippen molar-refractivity contribution in [3.63, 3.8) is 0 Å². The summed E-state index contributed by atoms with van der Waals surface area (Å²) in [5.41, 5.74) is 2.13. The standard InChI is InChI=1S/C16H20N2O3S/c1-12(14-3-9-22-11-14)18-6-4-17(5-7-18)10-13-2-8-21-15(13)16(19)20/h2-3,8-9,11-12H,4-7,10H2,1H3,(H,19,20). The van der Waals surface area contributed by atoms with Crippen LogP contribution < -0.4 is 0 Å². The zero-order chi connectivity index (χ0) is 15.5. The molecule has 0 radical (unpaired) electrons. The maximum Gasteiger partial charge on any atom is 0.372 e. The highest BCUT2D eigenvalue weighted by atomic mass is 32.1. The quantitative estimate of drug-likeness (QED) is 0.918. The fourth-order valence-electron chi connectivity index (χ4n) is 2.92. The molecule has 5 nitrogen and oxygen atoms in total. The van der Waals surface area contributed by atoms with Crippen LogP contribution in [0.1, 0.15) is 34.6 Å². The number of carbonyl (C=O) groups is 1. The predicted octanol–water partition coefficient (Wildman–Crippen LogP) is 2.92. The first kappa shape index (κ1) is 15.3. The highest BCUT2D eigenvalue weighted by Gasteiger charge is 2.24. The third kappa shape index (κ3) is 3.24. The van der Waals surface area contributed by atoms with E-state index in [-0.39, 0.29) is 5.76 Å². The minimum Gasteiger partial charge on any atom is -0.475 e. The molecule has 1 N–H and O–H groups in total. The summed E-state index contributed by atoms with van der Waals surface area (Å²) >= 11 is 1.74. The molecule has 1 atom stereocenters. The fourth-order valence-corrected chi connectivity index (χ4v) is 3.67. The second kappa shape index (κ2) is 6.64. The number of thiophene rings is 1. The van der Waals surface area contributed by atoms with Gasteiger partial charge in [-0.1, -0.05) is 0 Å². The van der Waals surface area contributed by atoms with Gasteiger partial charge in [-0.15, -0.1) is 0 Å². The first-order chi connectivity index (χ1) is 10.6. The van der Waals surface area contributed by atoms with Crippen molar-refractivity contribution in [2.24, 2.45) is 0 Å². The van der Waals surface area contributed by atoms with Crippen molar-refractivity contribution in [2.45, 2.75) is 19.5 Å². The Bertz CT molecular complexity index is 615. The normalized spacial score (nSPS) is 18.4. The van der Waals surface area contributed by atoms with Gasteiger partial charge >= 0.3 is 5.97 Å². The second-order valence-corrected chi connectivity index (χ2v) is 6.40. The summed E-state index contributed by atoms with van der Waals surface area (Å²) in [7, 11) is 0. The average molecular weight is 320 g/mol. The number of hydrogen-bond donors (Lipinski definition) is 1. The van der Waals surface area contributed by atoms with Gasteiger partial charge < -0.3 is 9.52 Å². The van der Waals surface area contributed by atoms with Gasteiger partial charge in [0.2, 0.25) is 5.76 Å². The van der Waals surface area contributed by atoms with E-state index in [9.17, 15) is 4.79 Å². The first-order valence-corrected chi connectivity index (χ1v) is 8.37. The molecule has 2 aromatic rings. The zero-order valence-electron chi connectivity index (χ0n) is 12.6. The topological polar surface area (TPSA) is 56.9 Å². The van der Waals surface area contributed by atoms with Crippen molar-refractivity contribution in [2.75, 3.05) is 26.2 Å². The molecule has 1 aliphatic rings. The Morgan fingerprint density at radius 3 is 2.77 bits per heavy atom. The first-order valence-electron chi connectivity index (χ1n) is 7.43. The molecule has 118 valence electrons. The summed E-state index contributed by atoms with van der Waals surface area (Å²) in [6.45, 7) is 6.76. The van der Waals surface area contributed by atoms with E-state index in [0.29, 0.717) is 12.6 Å². The van der Waals surface area contributed by atoms with Crippen LogP contribution in [0.3, 0.4) is 0 Å². The minimum atomic E-state index is -0.996. The zero-order valence-corrected chi connectivity index (χ0v) is 13.4. The Kier molecular flexibility index (Phi) is 4.61. The van der Waals surface area contributed by atoms with Gasteiger partial charge in [-0.25, -0.2) is 4.79 Å². The van der Waals surface area contributed by atoms with Gasteiger partial charge in [0.15, 0.2) is 0 Å². The number of piperazine rings is 1. The van der Waals surface area contributed by atoms with Crippen LogP contribution >= 0.6 is 11.3 Å². The van der Waals surface area contributed by atoms with Gasteiger partial charge in [0, 0.05) is 44.3 Å². The summed E-state index contributed by atoms with van der Waals surface area (Å²) in [6.07, 6.45) is 1.45. The predicted molar refractivity (Wildman–Crippen MR) is 85.3 cm³/mol. The van der Waals surface area contributed by atoms with E-state index >= 15 is 0 Å². The molecule has 2 aromatic heterocycles. The van der Waals surface area contributed by atoms with Gasteiger partial charge in [0.25, 0.3) is 0 Å². The van der Waals surface area contributed by atoms with E-state index < -0.39 is 5.97 Å². The largest absolute Gasteiger partial charge is 0.475 e. The second-order valence-electron chi connectivity index (χ2n) is 5.62. The van der Waals surface area contributed by atoms with Gasteiger partial charge in [-0.2, -0.15) is 11.3 Å². The molecule has 1 saturated heterocycles. The minimum absolute atomic E-state index is 0.0640. The Balaban J connectivity index is 1.56. The van der Waals surface area contributed by atoms with Crippen LogP contribution in [0.15, 0.2) is 33.6 Å². The van der Waals surface area contributed by atoms with E-state index in [4.69, 9.17) is 9.52 Å². The van der Waals surface area contributed by atoms with Crippen LogP contribution in [0, 0.1) is 0 Å². The van der Waals surface area contributed by atoms with Crippen molar-refractivity contribution < 1.29 is 14.3 Å². The molecule has 0 aliphatic carbocycles. The van der Waals surface area contributed by atoms with E-state index in [1.807, 2.05) is 0 Å². The summed E-state index contributed by atoms with van der Waals surface area (Å²) in [4.78, 5) is 15.8. The molecule has 1 aliphatic heterocycles. The van der Waals surface area contributed by atoms with Crippen LogP contribution in [0.5, 0.6) is 0 Å². The van der Waals surface area contributed by atoms with E-state index in [1.165, 1.54) is 11.8 Å². The number of nitrogens with zero attached hydrogens (tertiary/aromatic N) is 2. The molecular formula is C16H20N2O3S. The van der Waals surface area contributed by atoms with Crippen molar-refractivity contribution >= 4 is 17.3 Å². The number of rotatable bonds is 5. The molecule has 22 heavy (non-hydrogen) atoms. The monoisotopic (exact) mass is 320 g/mol.